The van der Waals surface area contributed by atoms with Crippen LogP contribution in [-0.4, -0.2) is 23.5 Å². The molecular weight excluding hydrogens is 154 g/mol. The molecule has 4 nitrogen and oxygen atoms in total. The Morgan fingerprint density at radius 2 is 2.50 bits per heavy atom. The van der Waals surface area contributed by atoms with Gasteiger partial charge < -0.3 is 10.2 Å². The van der Waals surface area contributed by atoms with E-state index in [9.17, 15) is 0 Å². The second-order valence-corrected chi connectivity index (χ2v) is 3.17. The Labute approximate surface area is 71.4 Å². The van der Waals surface area contributed by atoms with E-state index in [1.165, 1.54) is 0 Å². The maximum absolute atomic E-state index is 5.44. The van der Waals surface area contributed by atoms with E-state index in [1.54, 1.807) is 0 Å². The molecule has 1 aliphatic heterocycles. The largest absolute Gasteiger partial charge is 0.444 e. The Hall–Kier alpha value is -0.870. The number of fused-ring (bicyclic) bond motifs is 1. The van der Waals surface area contributed by atoms with Gasteiger partial charge in [0.25, 0.3) is 0 Å². The molecule has 0 aliphatic carbocycles. The molecule has 0 amide bonds. The fourth-order valence-electron chi connectivity index (χ4n) is 1.47. The number of hydrogen-bond donors (Lipinski definition) is 1. The lowest BCUT2D eigenvalue weighted by Gasteiger charge is -2.19. The van der Waals surface area contributed by atoms with Gasteiger partial charge in [-0.15, -0.1) is 0 Å². The summed E-state index contributed by atoms with van der Waals surface area (Å²) >= 11 is 0. The Balaban J connectivity index is 2.28. The number of nitrogens with zero attached hydrogens (tertiary/aromatic N) is 2. The highest BCUT2D eigenvalue weighted by atomic mass is 16.4. The fourth-order valence-corrected chi connectivity index (χ4v) is 1.47. The van der Waals surface area contributed by atoms with E-state index in [-0.39, 0.29) is 0 Å². The molecule has 2 rings (SSSR count). The van der Waals surface area contributed by atoms with Crippen LogP contribution in [0.3, 0.4) is 0 Å². The molecule has 0 spiro atoms. The van der Waals surface area contributed by atoms with Crippen LogP contribution >= 0.6 is 0 Å². The summed E-state index contributed by atoms with van der Waals surface area (Å²) in [5.74, 6) is 1.68. The van der Waals surface area contributed by atoms with Crippen molar-refractivity contribution in [2.75, 3.05) is 13.6 Å². The Kier molecular flexibility index (Phi) is 1.86. The predicted octanol–water partition coefficient (Wildman–Crippen LogP) is 0.121. The molecule has 4 heteroatoms. The number of hydrogen-bond acceptors (Lipinski definition) is 4. The third kappa shape index (κ3) is 1.23. The van der Waals surface area contributed by atoms with Crippen LogP contribution < -0.4 is 5.73 Å². The average molecular weight is 167 g/mol. The zero-order chi connectivity index (χ0) is 8.55. The molecule has 0 radical (unpaired) electrons. The normalized spacial score (nSPS) is 17.8. The van der Waals surface area contributed by atoms with Crippen LogP contribution in [0.25, 0.3) is 0 Å². The summed E-state index contributed by atoms with van der Waals surface area (Å²) in [6.07, 6.45) is 0.957. The summed E-state index contributed by atoms with van der Waals surface area (Å²) in [5, 5.41) is 0. The van der Waals surface area contributed by atoms with Crippen LogP contribution in [0.5, 0.6) is 0 Å². The first-order valence-electron chi connectivity index (χ1n) is 4.15. The van der Waals surface area contributed by atoms with Crippen LogP contribution in [0.2, 0.25) is 0 Å². The Morgan fingerprint density at radius 3 is 3.25 bits per heavy atom. The molecule has 0 unspecified atom stereocenters. The number of nitrogens with two attached hydrogens (primary N) is 1. The molecule has 0 saturated carbocycles. The summed E-state index contributed by atoms with van der Waals surface area (Å²) in [4.78, 5) is 6.51. The monoisotopic (exact) mass is 167 g/mol. The fraction of sp³-hybridized carbons (Fsp3) is 0.625. The van der Waals surface area contributed by atoms with E-state index >= 15 is 0 Å². The Morgan fingerprint density at radius 1 is 1.67 bits per heavy atom. The van der Waals surface area contributed by atoms with Crippen molar-refractivity contribution >= 4 is 0 Å². The topological polar surface area (TPSA) is 55.3 Å². The van der Waals surface area contributed by atoms with E-state index in [0.29, 0.717) is 12.4 Å². The maximum atomic E-state index is 5.44. The highest BCUT2D eigenvalue weighted by Gasteiger charge is 2.18. The van der Waals surface area contributed by atoms with Crippen LogP contribution in [0, 0.1) is 0 Å². The van der Waals surface area contributed by atoms with Gasteiger partial charge in [-0.3, -0.25) is 4.90 Å². The Bertz CT molecular complexity index is 282. The minimum atomic E-state index is 0.400. The molecule has 66 valence electrons. The van der Waals surface area contributed by atoms with Gasteiger partial charge in [0, 0.05) is 19.5 Å². The molecule has 0 fully saturated rings. The molecule has 0 bridgehead atoms. The summed E-state index contributed by atoms with van der Waals surface area (Å²) < 4.78 is 5.44. The molecule has 0 aromatic carbocycles. The van der Waals surface area contributed by atoms with Gasteiger partial charge in [-0.1, -0.05) is 0 Å². The van der Waals surface area contributed by atoms with Crippen molar-refractivity contribution in [3.63, 3.8) is 0 Å². The number of aromatic nitrogens is 1. The molecular formula is C8H13N3O. The third-order valence-corrected chi connectivity index (χ3v) is 2.14. The van der Waals surface area contributed by atoms with E-state index in [1.807, 2.05) is 0 Å². The lowest BCUT2D eigenvalue weighted by Crippen LogP contribution is -2.25. The average Bonchev–Trinajstić information content (AvgIpc) is 2.46. The lowest BCUT2D eigenvalue weighted by molar-refractivity contribution is 0.290. The van der Waals surface area contributed by atoms with Crippen molar-refractivity contribution in [3.05, 3.63) is 17.3 Å². The summed E-state index contributed by atoms with van der Waals surface area (Å²) in [5.41, 5.74) is 6.49. The molecule has 1 aromatic heterocycles. The second-order valence-electron chi connectivity index (χ2n) is 3.17. The standard InChI is InChI=1S/C8H13N3O/c1-11-3-2-7-6(5-11)10-8(4-9)12-7/h2-5,9H2,1H3. The van der Waals surface area contributed by atoms with Gasteiger partial charge in [0.1, 0.15) is 5.76 Å². The van der Waals surface area contributed by atoms with Crippen molar-refractivity contribution in [1.29, 1.82) is 0 Å². The first kappa shape index (κ1) is 7.76. The van der Waals surface area contributed by atoms with Crippen LogP contribution in [0.15, 0.2) is 4.42 Å². The number of likely N-dealkylation sites (N-methyl/N-ethyl adjacent to an activating group) is 1. The van der Waals surface area contributed by atoms with Gasteiger partial charge >= 0.3 is 0 Å². The van der Waals surface area contributed by atoms with E-state index in [2.05, 4.69) is 16.9 Å². The zero-order valence-corrected chi connectivity index (χ0v) is 7.21. The highest BCUT2D eigenvalue weighted by Crippen LogP contribution is 2.17. The lowest BCUT2D eigenvalue weighted by atomic mass is 10.2. The third-order valence-electron chi connectivity index (χ3n) is 2.14. The van der Waals surface area contributed by atoms with Gasteiger partial charge in [0.05, 0.1) is 12.2 Å². The quantitative estimate of drug-likeness (QED) is 0.645. The smallest absolute Gasteiger partial charge is 0.208 e. The van der Waals surface area contributed by atoms with Gasteiger partial charge in [0.2, 0.25) is 5.89 Å². The molecule has 2 N–H and O–H groups in total. The molecule has 1 aromatic rings. The van der Waals surface area contributed by atoms with E-state index < -0.39 is 0 Å². The molecule has 0 atom stereocenters. The first-order valence-corrected chi connectivity index (χ1v) is 4.15. The molecule has 1 aliphatic rings. The van der Waals surface area contributed by atoms with Gasteiger partial charge in [0.15, 0.2) is 0 Å². The van der Waals surface area contributed by atoms with E-state index in [4.69, 9.17) is 10.2 Å². The first-order chi connectivity index (χ1) is 5.79. The summed E-state index contributed by atoms with van der Waals surface area (Å²) in [6.45, 7) is 2.34. The highest BCUT2D eigenvalue weighted by molar-refractivity contribution is 5.13. The molecule has 0 saturated heterocycles. The van der Waals surface area contributed by atoms with Gasteiger partial charge in [-0.25, -0.2) is 4.98 Å². The minimum absolute atomic E-state index is 0.400. The van der Waals surface area contributed by atoms with Crippen molar-refractivity contribution in [2.24, 2.45) is 5.73 Å². The zero-order valence-electron chi connectivity index (χ0n) is 7.21. The number of oxazole rings is 1. The summed E-state index contributed by atoms with van der Waals surface area (Å²) in [6, 6.07) is 0. The predicted molar refractivity (Wildman–Crippen MR) is 44.4 cm³/mol. The van der Waals surface area contributed by atoms with Crippen molar-refractivity contribution in [2.45, 2.75) is 19.5 Å². The van der Waals surface area contributed by atoms with E-state index in [0.717, 1.165) is 31.0 Å². The second kappa shape index (κ2) is 2.88. The van der Waals surface area contributed by atoms with Crippen molar-refractivity contribution in [3.8, 4) is 0 Å². The summed E-state index contributed by atoms with van der Waals surface area (Å²) in [7, 11) is 2.08. The molecule has 2 heterocycles. The van der Waals surface area contributed by atoms with Crippen LogP contribution in [-0.2, 0) is 19.5 Å². The van der Waals surface area contributed by atoms with Gasteiger partial charge in [-0.05, 0) is 7.05 Å². The minimum Gasteiger partial charge on any atom is -0.444 e. The van der Waals surface area contributed by atoms with Crippen molar-refractivity contribution < 1.29 is 4.42 Å². The van der Waals surface area contributed by atoms with Crippen molar-refractivity contribution in [1.82, 2.24) is 9.88 Å². The maximum Gasteiger partial charge on any atom is 0.208 e. The SMILES string of the molecule is CN1CCc2oc(CN)nc2C1. The number of rotatable bonds is 1. The van der Waals surface area contributed by atoms with Crippen LogP contribution in [0.1, 0.15) is 17.3 Å². The van der Waals surface area contributed by atoms with Crippen LogP contribution in [0.4, 0.5) is 0 Å². The molecule has 12 heavy (non-hydrogen) atoms. The van der Waals surface area contributed by atoms with Gasteiger partial charge in [-0.2, -0.15) is 0 Å².